The highest BCUT2D eigenvalue weighted by Gasteiger charge is 1.86. The van der Waals surface area contributed by atoms with Gasteiger partial charge in [-0.3, -0.25) is 9.79 Å². The van der Waals surface area contributed by atoms with Crippen LogP contribution < -0.4 is 0 Å². The van der Waals surface area contributed by atoms with Crippen LogP contribution in [0.3, 0.4) is 0 Å². The largest absolute Gasteiger partial charge is 0.469 e. The molecule has 0 bridgehead atoms. The second kappa shape index (κ2) is 6.61. The van der Waals surface area contributed by atoms with Gasteiger partial charge in [0.15, 0.2) is 0 Å². The van der Waals surface area contributed by atoms with Gasteiger partial charge in [0, 0.05) is 19.2 Å². The molecule has 0 amide bonds. The molecular weight excluding hydrogens is 150 g/mol. The average molecular weight is 161 g/mol. The van der Waals surface area contributed by atoms with E-state index in [1.807, 2.05) is 5.55 Å². The number of thioether (sulfide) groups is 1. The van der Waals surface area contributed by atoms with Crippen LogP contribution in [0.1, 0.15) is 6.92 Å². The van der Waals surface area contributed by atoms with Crippen molar-refractivity contribution in [3.05, 3.63) is 0 Å². The van der Waals surface area contributed by atoms with Gasteiger partial charge >= 0.3 is 5.97 Å². The molecule has 58 valence electrons. The van der Waals surface area contributed by atoms with Crippen LogP contribution in [0, 0.1) is 0 Å². The molecule has 0 saturated heterocycles. The Bertz CT molecular complexity index is 119. The highest BCUT2D eigenvalue weighted by atomic mass is 32.2. The van der Waals surface area contributed by atoms with E-state index >= 15 is 0 Å². The van der Waals surface area contributed by atoms with E-state index < -0.39 is 0 Å². The predicted octanol–water partition coefficient (Wildman–Crippen LogP) is 0.941. The Kier molecular flexibility index (Phi) is 6.27. The summed E-state index contributed by atoms with van der Waals surface area (Å²) in [7, 11) is 1.35. The fourth-order valence-corrected chi connectivity index (χ4v) is 0.791. The number of hydrogen-bond acceptors (Lipinski definition) is 4. The number of methoxy groups -OCH3 is 1. The zero-order valence-electron chi connectivity index (χ0n) is 6.16. The summed E-state index contributed by atoms with van der Waals surface area (Å²) < 4.78 is 4.11. The van der Waals surface area contributed by atoms with Crippen LogP contribution in [0.5, 0.6) is 0 Å². The number of esters is 1. The summed E-state index contributed by atoms with van der Waals surface area (Å²) in [6.45, 7) is 2.39. The van der Waals surface area contributed by atoms with Crippen molar-refractivity contribution >= 4 is 23.3 Å². The predicted molar refractivity (Wildman–Crippen MR) is 43.5 cm³/mol. The van der Waals surface area contributed by atoms with Crippen molar-refractivity contribution < 1.29 is 9.53 Å². The van der Waals surface area contributed by atoms with Crippen molar-refractivity contribution in [1.82, 2.24) is 0 Å². The average Bonchev–Trinajstić information content (AvgIpc) is 2.43. The van der Waals surface area contributed by atoms with Gasteiger partial charge in [-0.05, 0) is 0 Å². The molecule has 0 unspecified atom stereocenters. The molecule has 1 aliphatic heterocycles. The second-order valence-corrected chi connectivity index (χ2v) is 2.53. The third-order valence-corrected chi connectivity index (χ3v) is 1.49. The third kappa shape index (κ3) is 7.49. The second-order valence-electron chi connectivity index (χ2n) is 1.58. The molecule has 0 fully saturated rings. The molecule has 1 rings (SSSR count). The molecule has 0 atom stereocenters. The van der Waals surface area contributed by atoms with E-state index in [2.05, 4.69) is 9.73 Å². The Labute approximate surface area is 64.9 Å². The van der Waals surface area contributed by atoms with Crippen molar-refractivity contribution in [3.8, 4) is 0 Å². The van der Waals surface area contributed by atoms with E-state index in [1.54, 1.807) is 11.8 Å². The molecule has 0 aromatic heterocycles. The summed E-state index contributed by atoms with van der Waals surface area (Å²) in [5.41, 5.74) is 1.90. The van der Waals surface area contributed by atoms with Gasteiger partial charge in [-0.25, -0.2) is 0 Å². The topological polar surface area (TPSA) is 38.7 Å². The first kappa shape index (κ1) is 9.49. The number of aliphatic imine (C=N–C) groups is 1. The van der Waals surface area contributed by atoms with Crippen molar-refractivity contribution in [2.45, 2.75) is 6.92 Å². The normalized spacial score (nSPS) is 13.8. The number of rotatable bonds is 0. The molecule has 0 aromatic rings. The lowest BCUT2D eigenvalue weighted by Gasteiger charge is -1.80. The van der Waals surface area contributed by atoms with Crippen LogP contribution in [0.25, 0.3) is 0 Å². The molecule has 10 heavy (non-hydrogen) atoms. The van der Waals surface area contributed by atoms with Gasteiger partial charge in [0.25, 0.3) is 0 Å². The van der Waals surface area contributed by atoms with Gasteiger partial charge in [-0.2, -0.15) is 0 Å². The Morgan fingerprint density at radius 1 is 1.80 bits per heavy atom. The molecular formula is C6H11NO2S. The van der Waals surface area contributed by atoms with Crippen LogP contribution in [-0.2, 0) is 9.53 Å². The number of nitrogens with zero attached hydrogens (tertiary/aromatic N) is 1. The summed E-state index contributed by atoms with van der Waals surface area (Å²) in [4.78, 5) is 13.5. The Hall–Kier alpha value is -0.510. The first-order valence-electron chi connectivity index (χ1n) is 2.92. The van der Waals surface area contributed by atoms with Crippen molar-refractivity contribution in [1.29, 1.82) is 0 Å². The van der Waals surface area contributed by atoms with Crippen LogP contribution >= 0.6 is 11.8 Å². The number of carbonyl (C=O) groups excluding carboxylic acids is 1. The molecule has 4 heteroatoms. The van der Waals surface area contributed by atoms with Gasteiger partial charge in [0.1, 0.15) is 0 Å². The third-order valence-electron chi connectivity index (χ3n) is 0.775. The molecule has 3 nitrogen and oxygen atoms in total. The summed E-state index contributed by atoms with van der Waals surface area (Å²) in [6.07, 6.45) is 0. The fraction of sp³-hybridized carbons (Fsp3) is 0.667. The van der Waals surface area contributed by atoms with Gasteiger partial charge in [0.05, 0.1) is 12.7 Å². The molecule has 0 aliphatic carbocycles. The summed E-state index contributed by atoms with van der Waals surface area (Å²) in [5.74, 6) is 0.949. The Morgan fingerprint density at radius 3 is 2.50 bits per heavy atom. The summed E-state index contributed by atoms with van der Waals surface area (Å²) in [5, 5.41) is 0. The molecule has 0 saturated carbocycles. The maximum absolute atomic E-state index is 9.59. The monoisotopic (exact) mass is 161 g/mol. The van der Waals surface area contributed by atoms with Crippen LogP contribution in [0.15, 0.2) is 4.99 Å². The fourth-order valence-electron chi connectivity index (χ4n) is 0.264. The van der Waals surface area contributed by atoms with Crippen LogP contribution in [-0.4, -0.2) is 30.9 Å². The summed E-state index contributed by atoms with van der Waals surface area (Å²) in [6, 6.07) is 0. The minimum Gasteiger partial charge on any atom is -0.469 e. The molecule has 0 N–H and O–H groups in total. The van der Waals surface area contributed by atoms with E-state index in [0.29, 0.717) is 0 Å². The van der Waals surface area contributed by atoms with E-state index in [9.17, 15) is 4.79 Å². The van der Waals surface area contributed by atoms with Crippen molar-refractivity contribution in [3.63, 3.8) is 0 Å². The zero-order chi connectivity index (χ0) is 7.82. The number of carbonyl (C=O) groups is 1. The standard InChI is InChI=1S/C3H5NS.C3H6O2/c1-2-5-3-4-1;1-3(4)5-2/h3H,1-2H2;1-2H3. The SMILES string of the molecule is C1=NCCS1.COC(C)=O. The van der Waals surface area contributed by atoms with Crippen molar-refractivity contribution in [2.24, 2.45) is 4.99 Å². The van der Waals surface area contributed by atoms with Gasteiger partial charge in [0.2, 0.25) is 0 Å². The minimum atomic E-state index is -0.245. The van der Waals surface area contributed by atoms with E-state index in [0.717, 1.165) is 6.54 Å². The van der Waals surface area contributed by atoms with E-state index in [-0.39, 0.29) is 5.97 Å². The lowest BCUT2D eigenvalue weighted by Crippen LogP contribution is -1.88. The van der Waals surface area contributed by atoms with Crippen molar-refractivity contribution in [2.75, 3.05) is 19.4 Å². The van der Waals surface area contributed by atoms with Crippen LogP contribution in [0.2, 0.25) is 0 Å². The van der Waals surface area contributed by atoms with Gasteiger partial charge in [-0.15, -0.1) is 11.8 Å². The zero-order valence-corrected chi connectivity index (χ0v) is 6.98. The highest BCUT2D eigenvalue weighted by molar-refractivity contribution is 8.12. The highest BCUT2D eigenvalue weighted by Crippen LogP contribution is 1.99. The first-order valence-corrected chi connectivity index (χ1v) is 3.96. The lowest BCUT2D eigenvalue weighted by atomic mass is 10.8. The molecule has 0 spiro atoms. The molecule has 0 radical (unpaired) electrons. The van der Waals surface area contributed by atoms with Gasteiger partial charge in [-0.1, -0.05) is 0 Å². The lowest BCUT2D eigenvalue weighted by molar-refractivity contribution is -0.137. The maximum atomic E-state index is 9.59. The molecule has 0 aromatic carbocycles. The summed E-state index contributed by atoms with van der Waals surface area (Å²) >= 11 is 1.78. The molecule has 1 aliphatic rings. The van der Waals surface area contributed by atoms with Crippen LogP contribution in [0.4, 0.5) is 0 Å². The minimum absolute atomic E-state index is 0.245. The number of ether oxygens (including phenoxy) is 1. The van der Waals surface area contributed by atoms with E-state index in [4.69, 9.17) is 0 Å². The Morgan fingerprint density at radius 2 is 2.40 bits per heavy atom. The molecule has 1 heterocycles. The smallest absolute Gasteiger partial charge is 0.302 e. The van der Waals surface area contributed by atoms with Gasteiger partial charge < -0.3 is 4.74 Å². The first-order chi connectivity index (χ1) is 4.77. The maximum Gasteiger partial charge on any atom is 0.302 e. The Balaban J connectivity index is 0.000000162. The quantitative estimate of drug-likeness (QED) is 0.496. The number of hydrogen-bond donors (Lipinski definition) is 0. The van der Waals surface area contributed by atoms with E-state index in [1.165, 1.54) is 19.8 Å².